The normalized spacial score (nSPS) is 19.7. The molecule has 25 heavy (non-hydrogen) atoms. The van der Waals surface area contributed by atoms with Crippen molar-refractivity contribution in [3.63, 3.8) is 0 Å². The molecule has 1 aromatic carbocycles. The van der Waals surface area contributed by atoms with Crippen molar-refractivity contribution in [2.45, 2.75) is 19.4 Å². The van der Waals surface area contributed by atoms with Crippen molar-refractivity contribution in [3.8, 4) is 0 Å². The average molecular weight is 342 g/mol. The smallest absolute Gasteiger partial charge is 0.411 e. The van der Waals surface area contributed by atoms with Crippen molar-refractivity contribution >= 4 is 28.7 Å². The second-order valence-corrected chi connectivity index (χ2v) is 5.52. The van der Waals surface area contributed by atoms with Crippen LogP contribution in [0.3, 0.4) is 0 Å². The Balaban J connectivity index is 2.12. The van der Waals surface area contributed by atoms with Crippen molar-refractivity contribution in [2.75, 3.05) is 0 Å². The minimum Gasteiger partial charge on any atom is -0.465 e. The molecule has 0 spiro atoms. The van der Waals surface area contributed by atoms with Crippen LogP contribution in [0, 0.1) is 0 Å². The van der Waals surface area contributed by atoms with Crippen molar-refractivity contribution in [2.24, 2.45) is 0 Å². The Morgan fingerprint density at radius 2 is 2.00 bits per heavy atom. The highest BCUT2D eigenvalue weighted by atomic mass is 16.6. The Bertz CT molecular complexity index is 930. The number of benzene rings is 1. The van der Waals surface area contributed by atoms with Crippen LogP contribution < -0.4 is 5.32 Å². The fraction of sp³-hybridized carbons (Fsp3) is 0.176. The standard InChI is InChI=1S/C17H14N2O6/c1-9(20)24-13-14(21)17(2,25-15(13)19-16(22)23)11-7-8-18-12-6-4-3-5-10(11)12/h3-8,19H,1-2H3,(H,22,23). The van der Waals surface area contributed by atoms with Crippen LogP contribution in [-0.4, -0.2) is 27.9 Å². The monoisotopic (exact) mass is 342 g/mol. The van der Waals surface area contributed by atoms with E-state index in [2.05, 4.69) is 4.98 Å². The summed E-state index contributed by atoms with van der Waals surface area (Å²) < 4.78 is 10.5. The summed E-state index contributed by atoms with van der Waals surface area (Å²) in [7, 11) is 0. The molecule has 128 valence electrons. The van der Waals surface area contributed by atoms with Crippen molar-refractivity contribution in [1.29, 1.82) is 0 Å². The molecule has 1 aromatic heterocycles. The van der Waals surface area contributed by atoms with Crippen molar-refractivity contribution < 1.29 is 29.0 Å². The predicted octanol–water partition coefficient (Wildman–Crippen LogP) is 2.05. The van der Waals surface area contributed by atoms with Gasteiger partial charge in [0.05, 0.1) is 5.52 Å². The molecule has 1 unspecified atom stereocenters. The molecule has 0 bridgehead atoms. The summed E-state index contributed by atoms with van der Waals surface area (Å²) in [6, 6.07) is 8.74. The zero-order chi connectivity index (χ0) is 18.2. The van der Waals surface area contributed by atoms with Gasteiger partial charge in [0.1, 0.15) is 0 Å². The second-order valence-electron chi connectivity index (χ2n) is 5.52. The highest BCUT2D eigenvalue weighted by Gasteiger charge is 2.50. The first-order valence-corrected chi connectivity index (χ1v) is 7.33. The fourth-order valence-electron chi connectivity index (χ4n) is 2.72. The number of nitrogens with zero attached hydrogens (tertiary/aromatic N) is 1. The van der Waals surface area contributed by atoms with Crippen LogP contribution in [0.5, 0.6) is 0 Å². The molecule has 0 saturated heterocycles. The van der Waals surface area contributed by atoms with Crippen molar-refractivity contribution in [3.05, 3.63) is 53.7 Å². The number of aromatic nitrogens is 1. The van der Waals surface area contributed by atoms with E-state index in [4.69, 9.17) is 14.6 Å². The van der Waals surface area contributed by atoms with E-state index in [1.165, 1.54) is 13.1 Å². The van der Waals surface area contributed by atoms with E-state index in [0.29, 0.717) is 16.5 Å². The maximum Gasteiger partial charge on any atom is 0.411 e. The zero-order valence-corrected chi connectivity index (χ0v) is 13.4. The van der Waals surface area contributed by atoms with E-state index < -0.39 is 35.1 Å². The topological polar surface area (TPSA) is 115 Å². The number of fused-ring (bicyclic) bond motifs is 1. The lowest BCUT2D eigenvalue weighted by Gasteiger charge is -2.24. The molecular weight excluding hydrogens is 328 g/mol. The summed E-state index contributed by atoms with van der Waals surface area (Å²) in [5.74, 6) is -2.32. The van der Waals surface area contributed by atoms with Gasteiger partial charge >= 0.3 is 12.1 Å². The summed E-state index contributed by atoms with van der Waals surface area (Å²) in [5, 5.41) is 11.6. The quantitative estimate of drug-likeness (QED) is 0.820. The lowest BCUT2D eigenvalue weighted by molar-refractivity contribution is -0.142. The molecule has 0 radical (unpaired) electrons. The van der Waals surface area contributed by atoms with Gasteiger partial charge < -0.3 is 14.6 Å². The number of amides is 1. The average Bonchev–Trinajstić information content (AvgIpc) is 2.78. The van der Waals surface area contributed by atoms with Gasteiger partial charge in [-0.2, -0.15) is 0 Å². The van der Waals surface area contributed by atoms with Gasteiger partial charge in [0, 0.05) is 24.1 Å². The molecule has 0 saturated carbocycles. The molecule has 8 nitrogen and oxygen atoms in total. The molecule has 2 aromatic rings. The summed E-state index contributed by atoms with van der Waals surface area (Å²) >= 11 is 0. The van der Waals surface area contributed by atoms with E-state index >= 15 is 0 Å². The molecule has 1 amide bonds. The highest BCUT2D eigenvalue weighted by molar-refractivity contribution is 6.06. The Hall–Kier alpha value is -3.42. The summed E-state index contributed by atoms with van der Waals surface area (Å²) in [6.45, 7) is 2.59. The first kappa shape index (κ1) is 16.4. The van der Waals surface area contributed by atoms with Crippen LogP contribution in [0.2, 0.25) is 0 Å². The molecule has 2 heterocycles. The number of esters is 1. The van der Waals surface area contributed by atoms with Crippen molar-refractivity contribution in [1.82, 2.24) is 10.3 Å². The van der Waals surface area contributed by atoms with Gasteiger partial charge in [-0.15, -0.1) is 0 Å². The van der Waals surface area contributed by atoms with E-state index in [0.717, 1.165) is 6.92 Å². The number of hydrogen-bond acceptors (Lipinski definition) is 6. The second kappa shape index (κ2) is 5.90. The first-order valence-electron chi connectivity index (χ1n) is 7.33. The van der Waals surface area contributed by atoms with Gasteiger partial charge in [0.15, 0.2) is 5.60 Å². The number of carbonyl (C=O) groups is 3. The van der Waals surface area contributed by atoms with E-state index in [-0.39, 0.29) is 0 Å². The number of carboxylic acid groups (broad SMARTS) is 1. The Labute approximate surface area is 142 Å². The van der Waals surface area contributed by atoms with E-state index in [9.17, 15) is 14.4 Å². The number of Topliss-reactive ketones (excluding diaryl/α,β-unsaturated/α-hetero) is 1. The third kappa shape index (κ3) is 2.78. The fourth-order valence-corrected chi connectivity index (χ4v) is 2.72. The van der Waals surface area contributed by atoms with Gasteiger partial charge in [-0.1, -0.05) is 18.2 Å². The third-order valence-electron chi connectivity index (χ3n) is 3.78. The molecular formula is C17H14N2O6. The van der Waals surface area contributed by atoms with Crippen LogP contribution in [0.4, 0.5) is 4.79 Å². The molecule has 1 aliphatic rings. The van der Waals surface area contributed by atoms with Gasteiger partial charge in [-0.25, -0.2) is 4.79 Å². The lowest BCUT2D eigenvalue weighted by atomic mass is 9.89. The van der Waals surface area contributed by atoms with Crippen LogP contribution in [0.15, 0.2) is 48.2 Å². The minimum absolute atomic E-state index is 0.420. The number of hydrogen-bond donors (Lipinski definition) is 2. The van der Waals surface area contributed by atoms with E-state index in [1.54, 1.807) is 30.3 Å². The zero-order valence-electron chi connectivity index (χ0n) is 13.4. The first-order chi connectivity index (χ1) is 11.8. The molecule has 8 heteroatoms. The number of pyridine rings is 1. The van der Waals surface area contributed by atoms with E-state index in [1.807, 2.05) is 5.32 Å². The van der Waals surface area contributed by atoms with Gasteiger partial charge in [0.25, 0.3) is 5.78 Å². The summed E-state index contributed by atoms with van der Waals surface area (Å²) in [6.07, 6.45) is 0.0736. The largest absolute Gasteiger partial charge is 0.465 e. The maximum atomic E-state index is 12.9. The minimum atomic E-state index is -1.56. The lowest BCUT2D eigenvalue weighted by Crippen LogP contribution is -2.32. The number of rotatable bonds is 3. The third-order valence-corrected chi connectivity index (χ3v) is 3.78. The number of ketones is 1. The van der Waals surface area contributed by atoms with Gasteiger partial charge in [-0.3, -0.25) is 19.9 Å². The number of ether oxygens (including phenoxy) is 2. The molecule has 0 fully saturated rings. The molecule has 3 rings (SSSR count). The van der Waals surface area contributed by atoms with Crippen LogP contribution in [-0.2, 0) is 24.7 Å². The highest BCUT2D eigenvalue weighted by Crippen LogP contribution is 2.40. The molecule has 1 aliphatic heterocycles. The predicted molar refractivity (Wildman–Crippen MR) is 85.1 cm³/mol. The SMILES string of the molecule is CC(=O)OC1=C(NC(=O)O)OC(C)(c2ccnc3ccccc23)C1=O. The number of carbonyl (C=O) groups excluding carboxylic acids is 2. The molecule has 2 N–H and O–H groups in total. The van der Waals surface area contributed by atoms with Gasteiger partial charge in [-0.05, 0) is 19.1 Å². The van der Waals surface area contributed by atoms with Crippen LogP contribution in [0.25, 0.3) is 10.9 Å². The summed E-state index contributed by atoms with van der Waals surface area (Å²) in [5.41, 5.74) is -0.438. The Morgan fingerprint density at radius 1 is 1.28 bits per heavy atom. The Morgan fingerprint density at radius 3 is 2.68 bits per heavy atom. The van der Waals surface area contributed by atoms with Crippen LogP contribution >= 0.6 is 0 Å². The molecule has 1 atom stereocenters. The number of para-hydroxylation sites is 1. The number of nitrogens with one attached hydrogen (secondary N) is 1. The van der Waals surface area contributed by atoms with Crippen LogP contribution in [0.1, 0.15) is 19.4 Å². The maximum absolute atomic E-state index is 12.9. The summed E-state index contributed by atoms with van der Waals surface area (Å²) in [4.78, 5) is 39.4. The Kier molecular flexibility index (Phi) is 3.88. The molecule has 0 aliphatic carbocycles. The van der Waals surface area contributed by atoms with Gasteiger partial charge in [0.2, 0.25) is 11.6 Å².